The smallest absolute Gasteiger partial charge is 0.0263 e. The number of nitrogens with zero attached hydrogens (tertiary/aromatic N) is 2. The summed E-state index contributed by atoms with van der Waals surface area (Å²) < 4.78 is 2.32. The molecule has 0 radical (unpaired) electrons. The van der Waals surface area contributed by atoms with Gasteiger partial charge in [-0.2, -0.15) is 0 Å². The largest absolute Gasteiger partial charge is 0.269 e. The van der Waals surface area contributed by atoms with Gasteiger partial charge in [0.2, 0.25) is 0 Å². The van der Waals surface area contributed by atoms with Crippen LogP contribution in [0, 0.1) is 0 Å². The van der Waals surface area contributed by atoms with Gasteiger partial charge in [0.25, 0.3) is 0 Å². The van der Waals surface area contributed by atoms with Crippen LogP contribution >= 0.6 is 22.9 Å². The molecule has 4 heteroatoms. The number of halogens is 1. The maximum atomic E-state index is 5.62. The first-order valence-electron chi connectivity index (χ1n) is 3.58. The Morgan fingerprint density at radius 3 is 2.40 bits per heavy atom. The van der Waals surface area contributed by atoms with Crippen LogP contribution in [0.5, 0.6) is 0 Å². The topological polar surface area (TPSA) is 32.5 Å². The van der Waals surface area contributed by atoms with E-state index in [1.54, 1.807) is 0 Å². The van der Waals surface area contributed by atoms with E-state index in [0.717, 1.165) is 0 Å². The predicted molar refractivity (Wildman–Crippen MR) is 50.6 cm³/mol. The Morgan fingerprint density at radius 2 is 2.00 bits per heavy atom. The van der Waals surface area contributed by atoms with Crippen LogP contribution in [0.1, 0.15) is 12.8 Å². The van der Waals surface area contributed by atoms with E-state index in [1.807, 2.05) is 12.1 Å². The molecule has 0 aromatic rings. The van der Waals surface area contributed by atoms with E-state index in [-0.39, 0.29) is 0 Å². The molecule has 1 fully saturated rings. The van der Waals surface area contributed by atoms with Gasteiger partial charge in [-0.15, -0.1) is 0 Å². The Hall–Kier alpha value is 0.610. The molecule has 0 aromatic carbocycles. The van der Waals surface area contributed by atoms with E-state index in [4.69, 9.17) is 5.84 Å². The van der Waals surface area contributed by atoms with E-state index >= 15 is 0 Å². The number of piperidine rings is 1. The van der Waals surface area contributed by atoms with Gasteiger partial charge in [0.05, 0.1) is 0 Å². The third kappa shape index (κ3) is 2.34. The molecule has 3 nitrogen and oxygen atoms in total. The number of nitrogens with two attached hydrogens (primary N) is 1. The molecule has 0 aromatic heterocycles. The molecule has 0 unspecified atom stereocenters. The molecule has 0 spiro atoms. The van der Waals surface area contributed by atoms with Crippen LogP contribution in [0.3, 0.4) is 0 Å². The first-order valence-corrected chi connectivity index (χ1v) is 4.55. The van der Waals surface area contributed by atoms with Crippen LogP contribution in [0.25, 0.3) is 0 Å². The summed E-state index contributed by atoms with van der Waals surface area (Å²) in [5.41, 5.74) is 0. The van der Waals surface area contributed by atoms with Crippen molar-refractivity contribution in [3.8, 4) is 0 Å². The summed E-state index contributed by atoms with van der Waals surface area (Å²) in [5.74, 6) is 5.62. The molecule has 0 atom stereocenters. The third-order valence-corrected chi connectivity index (χ3v) is 2.95. The Bertz CT molecular complexity index is 99.2. The van der Waals surface area contributed by atoms with Gasteiger partial charge in [-0.1, -0.05) is 0 Å². The Kier molecular flexibility index (Phi) is 3.35. The normalized spacial score (nSPS) is 24.0. The second-order valence-electron chi connectivity index (χ2n) is 2.81. The lowest BCUT2D eigenvalue weighted by molar-refractivity contribution is 0.182. The summed E-state index contributed by atoms with van der Waals surface area (Å²) in [6.45, 7) is 2.35. The van der Waals surface area contributed by atoms with Gasteiger partial charge in [0, 0.05) is 49.0 Å². The molecular weight excluding hydrogens is 241 g/mol. The van der Waals surface area contributed by atoms with Crippen molar-refractivity contribution in [2.75, 3.05) is 20.1 Å². The molecule has 60 valence electrons. The third-order valence-electron chi connectivity index (χ3n) is 1.99. The number of hydrogen-bond acceptors (Lipinski definition) is 3. The van der Waals surface area contributed by atoms with Crippen molar-refractivity contribution < 1.29 is 0 Å². The molecule has 1 saturated heterocycles. The molecule has 1 aliphatic rings. The summed E-state index contributed by atoms with van der Waals surface area (Å²) in [6.07, 6.45) is 2.41. The van der Waals surface area contributed by atoms with Gasteiger partial charge in [-0.05, 0) is 12.8 Å². The minimum atomic E-state index is 0.603. The van der Waals surface area contributed by atoms with Gasteiger partial charge in [-0.25, -0.2) is 8.12 Å². The van der Waals surface area contributed by atoms with Crippen molar-refractivity contribution in [2.24, 2.45) is 5.84 Å². The lowest BCUT2D eigenvalue weighted by Crippen LogP contribution is -2.43. The first-order chi connectivity index (χ1) is 4.70. The quantitative estimate of drug-likeness (QED) is 0.322. The SMILES string of the molecule is CN(N)C1CCN(I)CC1. The van der Waals surface area contributed by atoms with Crippen molar-refractivity contribution in [2.45, 2.75) is 18.9 Å². The highest BCUT2D eigenvalue weighted by Crippen LogP contribution is 2.15. The van der Waals surface area contributed by atoms with Crippen molar-refractivity contribution in [1.82, 2.24) is 8.12 Å². The monoisotopic (exact) mass is 255 g/mol. The Morgan fingerprint density at radius 1 is 1.50 bits per heavy atom. The van der Waals surface area contributed by atoms with E-state index in [1.165, 1.54) is 25.9 Å². The van der Waals surface area contributed by atoms with E-state index in [9.17, 15) is 0 Å². The van der Waals surface area contributed by atoms with Gasteiger partial charge >= 0.3 is 0 Å². The van der Waals surface area contributed by atoms with Crippen LogP contribution in [0.15, 0.2) is 0 Å². The van der Waals surface area contributed by atoms with Gasteiger partial charge < -0.3 is 0 Å². The molecule has 0 bridgehead atoms. The molecule has 0 aliphatic carbocycles. The van der Waals surface area contributed by atoms with Crippen molar-refractivity contribution >= 4 is 22.9 Å². The summed E-state index contributed by atoms with van der Waals surface area (Å²) in [6, 6.07) is 0.603. The fourth-order valence-corrected chi connectivity index (χ4v) is 1.80. The zero-order valence-corrected chi connectivity index (χ0v) is 8.41. The first kappa shape index (κ1) is 8.70. The minimum absolute atomic E-state index is 0.603. The van der Waals surface area contributed by atoms with Gasteiger partial charge in [0.15, 0.2) is 0 Å². The fourth-order valence-electron chi connectivity index (χ4n) is 1.24. The number of hydrogen-bond donors (Lipinski definition) is 1. The number of hydrazine groups is 1. The summed E-state index contributed by atoms with van der Waals surface area (Å²) in [5, 5.41) is 1.84. The van der Waals surface area contributed by atoms with Crippen LogP contribution in [-0.4, -0.2) is 34.3 Å². The highest BCUT2D eigenvalue weighted by Gasteiger charge is 2.18. The van der Waals surface area contributed by atoms with Crippen molar-refractivity contribution in [1.29, 1.82) is 0 Å². The lowest BCUT2D eigenvalue weighted by atomic mass is 10.1. The van der Waals surface area contributed by atoms with Crippen LogP contribution in [0.2, 0.25) is 0 Å². The zero-order chi connectivity index (χ0) is 7.56. The number of rotatable bonds is 1. The molecular formula is C6H14IN3. The van der Waals surface area contributed by atoms with E-state index in [2.05, 4.69) is 26.0 Å². The van der Waals surface area contributed by atoms with E-state index in [0.29, 0.717) is 6.04 Å². The molecule has 1 rings (SSSR count). The highest BCUT2D eigenvalue weighted by molar-refractivity contribution is 14.1. The standard InChI is InChI=1S/C6H14IN3/c1-9(8)6-2-4-10(7)5-3-6/h6H,2-5,8H2,1H3. The molecule has 10 heavy (non-hydrogen) atoms. The van der Waals surface area contributed by atoms with Crippen LogP contribution < -0.4 is 5.84 Å². The molecule has 2 N–H and O–H groups in total. The Balaban J connectivity index is 2.26. The predicted octanol–water partition coefficient (Wildman–Crippen LogP) is 0.606. The van der Waals surface area contributed by atoms with Crippen molar-refractivity contribution in [3.05, 3.63) is 0 Å². The van der Waals surface area contributed by atoms with Crippen molar-refractivity contribution in [3.63, 3.8) is 0 Å². The second kappa shape index (κ2) is 3.85. The molecule has 1 heterocycles. The maximum Gasteiger partial charge on any atom is 0.0263 e. The lowest BCUT2D eigenvalue weighted by Gasteiger charge is -2.31. The summed E-state index contributed by atoms with van der Waals surface area (Å²) in [7, 11) is 1.95. The van der Waals surface area contributed by atoms with Crippen LogP contribution in [-0.2, 0) is 0 Å². The fraction of sp³-hybridized carbons (Fsp3) is 1.00. The maximum absolute atomic E-state index is 5.62. The summed E-state index contributed by atoms with van der Waals surface area (Å²) >= 11 is 2.36. The zero-order valence-electron chi connectivity index (χ0n) is 6.26. The van der Waals surface area contributed by atoms with E-state index < -0.39 is 0 Å². The second-order valence-corrected chi connectivity index (χ2v) is 4.17. The van der Waals surface area contributed by atoms with Gasteiger partial charge in [0.1, 0.15) is 0 Å². The molecule has 1 aliphatic heterocycles. The average molecular weight is 255 g/mol. The molecule has 0 amide bonds. The highest BCUT2D eigenvalue weighted by atomic mass is 127. The minimum Gasteiger partial charge on any atom is -0.269 e. The van der Waals surface area contributed by atoms with Gasteiger partial charge in [-0.3, -0.25) is 5.84 Å². The summed E-state index contributed by atoms with van der Waals surface area (Å²) in [4.78, 5) is 0. The average Bonchev–Trinajstić information content (AvgIpc) is 1.88. The molecule has 0 saturated carbocycles. The van der Waals surface area contributed by atoms with Crippen LogP contribution in [0.4, 0.5) is 0 Å². The Labute approximate surface area is 76.0 Å².